The zero-order chi connectivity index (χ0) is 15.0. The standard InChI is InChI=1S/C15H13ClN4O/c1-9-13(16)8-20(18-9)14-7-6-12(15(17)19-21)10-4-2-3-5-11(10)14/h2-8,21H,1H3,(H2,17,19). The van der Waals surface area contributed by atoms with E-state index < -0.39 is 0 Å². The Morgan fingerprint density at radius 1 is 1.24 bits per heavy atom. The van der Waals surface area contributed by atoms with Gasteiger partial charge in [-0.2, -0.15) is 5.10 Å². The molecule has 6 heteroatoms. The molecular formula is C15H13ClN4O. The predicted octanol–water partition coefficient (Wildman–Crippen LogP) is 3.08. The molecule has 0 aliphatic rings. The average Bonchev–Trinajstić information content (AvgIpc) is 2.84. The van der Waals surface area contributed by atoms with Gasteiger partial charge in [0.05, 0.1) is 16.4 Å². The summed E-state index contributed by atoms with van der Waals surface area (Å²) in [5.41, 5.74) is 8.06. The molecule has 1 heterocycles. The zero-order valence-electron chi connectivity index (χ0n) is 11.3. The minimum absolute atomic E-state index is 0.0763. The van der Waals surface area contributed by atoms with E-state index in [4.69, 9.17) is 22.5 Å². The molecule has 3 aromatic rings. The molecule has 3 rings (SSSR count). The molecule has 0 unspecified atom stereocenters. The van der Waals surface area contributed by atoms with Gasteiger partial charge in [-0.3, -0.25) is 0 Å². The maximum absolute atomic E-state index is 8.90. The van der Waals surface area contributed by atoms with Crippen LogP contribution in [0.3, 0.4) is 0 Å². The summed E-state index contributed by atoms with van der Waals surface area (Å²) >= 11 is 6.08. The molecule has 106 valence electrons. The monoisotopic (exact) mass is 300 g/mol. The van der Waals surface area contributed by atoms with E-state index in [1.807, 2.05) is 37.3 Å². The Kier molecular flexibility index (Phi) is 3.27. The number of halogens is 1. The predicted molar refractivity (Wildman–Crippen MR) is 83.3 cm³/mol. The highest BCUT2D eigenvalue weighted by Gasteiger charge is 2.12. The lowest BCUT2D eigenvalue weighted by atomic mass is 10.0. The van der Waals surface area contributed by atoms with Gasteiger partial charge in [0, 0.05) is 17.1 Å². The molecule has 0 spiro atoms. The van der Waals surface area contributed by atoms with Crippen molar-refractivity contribution in [1.29, 1.82) is 0 Å². The maximum Gasteiger partial charge on any atom is 0.170 e. The van der Waals surface area contributed by atoms with Crippen LogP contribution >= 0.6 is 11.6 Å². The Balaban J connectivity index is 2.31. The van der Waals surface area contributed by atoms with Crippen LogP contribution in [0, 0.1) is 6.92 Å². The molecule has 0 radical (unpaired) electrons. The van der Waals surface area contributed by atoms with Crippen LogP contribution in [0.1, 0.15) is 11.3 Å². The number of nitrogens with zero attached hydrogens (tertiary/aromatic N) is 3. The summed E-state index contributed by atoms with van der Waals surface area (Å²) in [5.74, 6) is 0.0763. The zero-order valence-corrected chi connectivity index (χ0v) is 12.0. The van der Waals surface area contributed by atoms with Gasteiger partial charge in [0.2, 0.25) is 0 Å². The fourth-order valence-electron chi connectivity index (χ4n) is 2.32. The third kappa shape index (κ3) is 2.21. The largest absolute Gasteiger partial charge is 0.409 e. The van der Waals surface area contributed by atoms with Gasteiger partial charge in [0.25, 0.3) is 0 Å². The van der Waals surface area contributed by atoms with Crippen LogP contribution in [-0.4, -0.2) is 20.8 Å². The Hall–Kier alpha value is -2.53. The normalized spacial score (nSPS) is 12.0. The molecule has 0 aliphatic carbocycles. The third-order valence-corrected chi connectivity index (χ3v) is 3.74. The number of aromatic nitrogens is 2. The van der Waals surface area contributed by atoms with E-state index in [9.17, 15) is 0 Å². The van der Waals surface area contributed by atoms with Crippen LogP contribution in [0.5, 0.6) is 0 Å². The van der Waals surface area contributed by atoms with Gasteiger partial charge in [-0.25, -0.2) is 4.68 Å². The number of hydrogen-bond acceptors (Lipinski definition) is 3. The quantitative estimate of drug-likeness (QED) is 0.330. The van der Waals surface area contributed by atoms with Crippen LogP contribution in [0.25, 0.3) is 16.5 Å². The molecule has 0 amide bonds. The Morgan fingerprint density at radius 3 is 2.57 bits per heavy atom. The summed E-state index contributed by atoms with van der Waals surface area (Å²) in [5, 5.41) is 18.8. The average molecular weight is 301 g/mol. The van der Waals surface area contributed by atoms with E-state index in [1.165, 1.54) is 0 Å². The van der Waals surface area contributed by atoms with Crippen LogP contribution in [-0.2, 0) is 0 Å². The number of rotatable bonds is 2. The number of benzene rings is 2. The smallest absolute Gasteiger partial charge is 0.170 e. The third-order valence-electron chi connectivity index (χ3n) is 3.37. The Morgan fingerprint density at radius 2 is 1.95 bits per heavy atom. The molecule has 0 bridgehead atoms. The molecule has 5 nitrogen and oxygen atoms in total. The van der Waals surface area contributed by atoms with Gasteiger partial charge in [0.1, 0.15) is 0 Å². The second kappa shape index (κ2) is 5.10. The van der Waals surface area contributed by atoms with E-state index in [1.54, 1.807) is 16.9 Å². The van der Waals surface area contributed by atoms with Gasteiger partial charge in [-0.1, -0.05) is 41.0 Å². The lowest BCUT2D eigenvalue weighted by molar-refractivity contribution is 0.318. The SMILES string of the molecule is Cc1nn(-c2ccc(/C(N)=N/O)c3ccccc23)cc1Cl. The highest BCUT2D eigenvalue weighted by Crippen LogP contribution is 2.26. The van der Waals surface area contributed by atoms with Crippen molar-refractivity contribution in [2.45, 2.75) is 6.92 Å². The summed E-state index contributed by atoms with van der Waals surface area (Å²) in [6.45, 7) is 1.85. The molecular weight excluding hydrogens is 288 g/mol. The molecule has 1 aromatic heterocycles. The van der Waals surface area contributed by atoms with E-state index in [-0.39, 0.29) is 5.84 Å². The number of fused-ring (bicyclic) bond motifs is 1. The van der Waals surface area contributed by atoms with Gasteiger partial charge < -0.3 is 10.9 Å². The first-order valence-electron chi connectivity index (χ1n) is 6.33. The van der Waals surface area contributed by atoms with Crippen LogP contribution in [0.4, 0.5) is 0 Å². The molecule has 0 aliphatic heterocycles. The van der Waals surface area contributed by atoms with Crippen molar-refractivity contribution in [2.75, 3.05) is 0 Å². The minimum Gasteiger partial charge on any atom is -0.409 e. The second-order valence-corrected chi connectivity index (χ2v) is 5.08. The van der Waals surface area contributed by atoms with Crippen molar-refractivity contribution in [1.82, 2.24) is 9.78 Å². The Bertz CT molecular complexity index is 835. The molecule has 0 saturated carbocycles. The topological polar surface area (TPSA) is 76.4 Å². The minimum atomic E-state index is 0.0763. The lowest BCUT2D eigenvalue weighted by Gasteiger charge is -2.10. The van der Waals surface area contributed by atoms with Crippen molar-refractivity contribution in [3.05, 3.63) is 58.9 Å². The Labute approximate surface area is 126 Å². The van der Waals surface area contributed by atoms with Crippen LogP contribution in [0.15, 0.2) is 47.8 Å². The first-order chi connectivity index (χ1) is 10.1. The van der Waals surface area contributed by atoms with E-state index in [0.717, 1.165) is 22.2 Å². The highest BCUT2D eigenvalue weighted by atomic mass is 35.5. The van der Waals surface area contributed by atoms with Gasteiger partial charge in [-0.05, 0) is 24.4 Å². The maximum atomic E-state index is 8.90. The van der Waals surface area contributed by atoms with Crippen molar-refractivity contribution < 1.29 is 5.21 Å². The van der Waals surface area contributed by atoms with Crippen LogP contribution < -0.4 is 5.73 Å². The molecule has 3 N–H and O–H groups in total. The summed E-state index contributed by atoms with van der Waals surface area (Å²) in [7, 11) is 0. The molecule has 21 heavy (non-hydrogen) atoms. The summed E-state index contributed by atoms with van der Waals surface area (Å²) in [6.07, 6.45) is 1.77. The fraction of sp³-hybridized carbons (Fsp3) is 0.0667. The molecule has 0 saturated heterocycles. The van der Waals surface area contributed by atoms with Crippen molar-refractivity contribution in [3.63, 3.8) is 0 Å². The van der Waals surface area contributed by atoms with E-state index >= 15 is 0 Å². The van der Waals surface area contributed by atoms with E-state index in [2.05, 4.69) is 10.3 Å². The van der Waals surface area contributed by atoms with Crippen molar-refractivity contribution in [2.24, 2.45) is 10.9 Å². The van der Waals surface area contributed by atoms with Crippen molar-refractivity contribution in [3.8, 4) is 5.69 Å². The second-order valence-electron chi connectivity index (χ2n) is 4.67. The number of amidine groups is 1. The lowest BCUT2D eigenvalue weighted by Crippen LogP contribution is -2.14. The highest BCUT2D eigenvalue weighted by molar-refractivity contribution is 6.31. The summed E-state index contributed by atoms with van der Waals surface area (Å²) < 4.78 is 1.73. The van der Waals surface area contributed by atoms with Gasteiger partial charge in [0.15, 0.2) is 5.84 Å². The summed E-state index contributed by atoms with van der Waals surface area (Å²) in [6, 6.07) is 11.4. The van der Waals surface area contributed by atoms with Gasteiger partial charge in [-0.15, -0.1) is 0 Å². The number of oxime groups is 1. The van der Waals surface area contributed by atoms with Gasteiger partial charge >= 0.3 is 0 Å². The number of hydrogen-bond donors (Lipinski definition) is 2. The number of aryl methyl sites for hydroxylation is 1. The molecule has 2 aromatic carbocycles. The van der Waals surface area contributed by atoms with Crippen molar-refractivity contribution >= 4 is 28.2 Å². The first kappa shape index (κ1) is 13.5. The fourth-order valence-corrected chi connectivity index (χ4v) is 2.45. The molecule has 0 fully saturated rings. The summed E-state index contributed by atoms with van der Waals surface area (Å²) in [4.78, 5) is 0. The first-order valence-corrected chi connectivity index (χ1v) is 6.71. The number of nitrogens with two attached hydrogens (primary N) is 1. The molecule has 0 atom stereocenters. The van der Waals surface area contributed by atoms with E-state index in [0.29, 0.717) is 10.6 Å². The van der Waals surface area contributed by atoms with Crippen LogP contribution in [0.2, 0.25) is 5.02 Å².